The first-order valence-electron chi connectivity index (χ1n) is 10.0. The largest absolute Gasteiger partial charge is 0.488 e. The zero-order chi connectivity index (χ0) is 19.5. The van der Waals surface area contributed by atoms with Crippen molar-refractivity contribution in [3.8, 4) is 5.75 Å². The van der Waals surface area contributed by atoms with Gasteiger partial charge in [-0.2, -0.15) is 5.10 Å². The highest BCUT2D eigenvalue weighted by Gasteiger charge is 2.43. The minimum atomic E-state index is -0.494. The Balaban J connectivity index is 1.54. The Kier molecular flexibility index (Phi) is 5.32. The van der Waals surface area contributed by atoms with Crippen LogP contribution in [0.1, 0.15) is 36.7 Å². The maximum Gasteiger partial charge on any atom is 0.275 e. The Labute approximate surface area is 164 Å². The Hall–Kier alpha value is -2.83. The molecule has 4 rings (SSSR count). The maximum atomic E-state index is 13.1. The average Bonchev–Trinajstić information content (AvgIpc) is 3.47. The van der Waals surface area contributed by atoms with E-state index in [4.69, 9.17) is 4.74 Å². The van der Waals surface area contributed by atoms with Gasteiger partial charge in [-0.05, 0) is 38.0 Å². The highest BCUT2D eigenvalue weighted by molar-refractivity contribution is 5.96. The number of likely N-dealkylation sites (tertiary alicyclic amines) is 2. The van der Waals surface area contributed by atoms with E-state index in [2.05, 4.69) is 5.10 Å². The van der Waals surface area contributed by atoms with Crippen LogP contribution in [-0.4, -0.2) is 63.2 Å². The maximum absolute atomic E-state index is 13.1. The molecule has 0 N–H and O–H groups in total. The van der Waals surface area contributed by atoms with Crippen molar-refractivity contribution in [3.05, 3.63) is 48.3 Å². The first-order valence-corrected chi connectivity index (χ1v) is 10.0. The van der Waals surface area contributed by atoms with Crippen LogP contribution in [0.3, 0.4) is 0 Å². The summed E-state index contributed by atoms with van der Waals surface area (Å²) in [6.45, 7) is 4.60. The van der Waals surface area contributed by atoms with Crippen molar-refractivity contribution in [2.24, 2.45) is 0 Å². The van der Waals surface area contributed by atoms with Gasteiger partial charge in [-0.15, -0.1) is 0 Å². The highest BCUT2D eigenvalue weighted by atomic mass is 16.5. The van der Waals surface area contributed by atoms with Gasteiger partial charge in [-0.3, -0.25) is 14.3 Å². The van der Waals surface area contributed by atoms with Crippen LogP contribution in [-0.2, 0) is 11.3 Å². The number of aryl methyl sites for hydroxylation is 1. The zero-order valence-electron chi connectivity index (χ0n) is 16.2. The minimum absolute atomic E-state index is 0.0277. The fraction of sp³-hybridized carbons (Fsp3) is 0.476. The molecule has 0 aliphatic carbocycles. The van der Waals surface area contributed by atoms with Crippen LogP contribution in [0.2, 0.25) is 0 Å². The molecule has 3 heterocycles. The predicted octanol–water partition coefficient (Wildman–Crippen LogP) is 2.19. The first kappa shape index (κ1) is 18.5. The van der Waals surface area contributed by atoms with E-state index in [-0.39, 0.29) is 17.9 Å². The second-order valence-electron chi connectivity index (χ2n) is 7.35. The van der Waals surface area contributed by atoms with Gasteiger partial charge in [0.1, 0.15) is 23.6 Å². The summed E-state index contributed by atoms with van der Waals surface area (Å²) in [5.74, 6) is 0.577. The summed E-state index contributed by atoms with van der Waals surface area (Å²) in [6, 6.07) is 10.8. The number of ether oxygens (including phenoxy) is 1. The molecular weight excluding hydrogens is 356 g/mol. The van der Waals surface area contributed by atoms with Gasteiger partial charge in [0.2, 0.25) is 5.91 Å². The number of carbonyl (C=O) groups is 2. The quantitative estimate of drug-likeness (QED) is 0.795. The van der Waals surface area contributed by atoms with Gasteiger partial charge in [0.05, 0.1) is 6.54 Å². The van der Waals surface area contributed by atoms with E-state index < -0.39 is 6.04 Å². The summed E-state index contributed by atoms with van der Waals surface area (Å²) < 4.78 is 7.79. The minimum Gasteiger partial charge on any atom is -0.488 e. The lowest BCUT2D eigenvalue weighted by Gasteiger charge is -2.26. The van der Waals surface area contributed by atoms with Crippen molar-refractivity contribution in [3.63, 3.8) is 0 Å². The molecule has 1 aromatic carbocycles. The van der Waals surface area contributed by atoms with Crippen molar-refractivity contribution in [2.75, 3.05) is 19.6 Å². The second kappa shape index (κ2) is 8.04. The number of rotatable bonds is 5. The lowest BCUT2D eigenvalue weighted by Crippen LogP contribution is -2.47. The molecule has 28 heavy (non-hydrogen) atoms. The molecule has 1 aromatic heterocycles. The van der Waals surface area contributed by atoms with Crippen molar-refractivity contribution >= 4 is 11.8 Å². The fourth-order valence-corrected chi connectivity index (χ4v) is 3.98. The van der Waals surface area contributed by atoms with Crippen LogP contribution < -0.4 is 4.74 Å². The fourth-order valence-electron chi connectivity index (χ4n) is 3.98. The van der Waals surface area contributed by atoms with E-state index in [1.54, 1.807) is 21.8 Å². The molecule has 2 fully saturated rings. The number of hydrogen-bond acceptors (Lipinski definition) is 4. The van der Waals surface area contributed by atoms with Gasteiger partial charge >= 0.3 is 0 Å². The number of hydrogen-bond donors (Lipinski definition) is 0. The summed E-state index contributed by atoms with van der Waals surface area (Å²) in [5.41, 5.74) is 0.376. The molecule has 2 aliphatic rings. The summed E-state index contributed by atoms with van der Waals surface area (Å²) in [7, 11) is 0. The van der Waals surface area contributed by atoms with E-state index in [0.29, 0.717) is 25.2 Å². The van der Waals surface area contributed by atoms with E-state index >= 15 is 0 Å². The van der Waals surface area contributed by atoms with Gasteiger partial charge in [0.25, 0.3) is 5.91 Å². The Morgan fingerprint density at radius 2 is 1.89 bits per heavy atom. The van der Waals surface area contributed by atoms with Crippen LogP contribution in [0, 0.1) is 0 Å². The number of amides is 2. The number of para-hydroxylation sites is 1. The molecule has 0 bridgehead atoms. The number of nitrogens with zero attached hydrogens (tertiary/aromatic N) is 4. The molecule has 2 aliphatic heterocycles. The molecule has 2 atom stereocenters. The van der Waals surface area contributed by atoms with E-state index in [1.807, 2.05) is 42.2 Å². The third-order valence-electron chi connectivity index (χ3n) is 5.46. The average molecular weight is 382 g/mol. The Morgan fingerprint density at radius 1 is 1.14 bits per heavy atom. The lowest BCUT2D eigenvalue weighted by molar-refractivity contribution is -0.134. The van der Waals surface area contributed by atoms with Gasteiger partial charge in [0.15, 0.2) is 0 Å². The van der Waals surface area contributed by atoms with Crippen LogP contribution in [0.5, 0.6) is 5.75 Å². The van der Waals surface area contributed by atoms with Gasteiger partial charge in [-0.25, -0.2) is 0 Å². The molecule has 148 valence electrons. The van der Waals surface area contributed by atoms with Crippen LogP contribution >= 0.6 is 0 Å². The van der Waals surface area contributed by atoms with E-state index in [9.17, 15) is 9.59 Å². The molecule has 0 radical (unpaired) electrons. The molecule has 2 amide bonds. The van der Waals surface area contributed by atoms with E-state index in [1.165, 1.54) is 0 Å². The van der Waals surface area contributed by atoms with Crippen LogP contribution in [0.25, 0.3) is 0 Å². The Bertz CT molecular complexity index is 829. The SMILES string of the molecule is CCn1ccc(C(=O)N2C[C@@H](Oc3ccccc3)C[C@H]2C(=O)N2CCCC2)n1. The number of carbonyl (C=O) groups excluding carboxylic acids is 2. The zero-order valence-corrected chi connectivity index (χ0v) is 16.2. The van der Waals surface area contributed by atoms with Crippen molar-refractivity contribution in [1.82, 2.24) is 19.6 Å². The smallest absolute Gasteiger partial charge is 0.275 e. The topological polar surface area (TPSA) is 67.7 Å². The normalized spacial score (nSPS) is 21.9. The van der Waals surface area contributed by atoms with Crippen LogP contribution in [0.15, 0.2) is 42.6 Å². The second-order valence-corrected chi connectivity index (χ2v) is 7.35. The van der Waals surface area contributed by atoms with Gasteiger partial charge in [-0.1, -0.05) is 18.2 Å². The van der Waals surface area contributed by atoms with Crippen LogP contribution in [0.4, 0.5) is 0 Å². The molecular formula is C21H26N4O3. The monoisotopic (exact) mass is 382 g/mol. The molecule has 0 saturated carbocycles. The Morgan fingerprint density at radius 3 is 2.57 bits per heavy atom. The molecule has 7 nitrogen and oxygen atoms in total. The molecule has 0 unspecified atom stereocenters. The van der Waals surface area contributed by atoms with E-state index in [0.717, 1.165) is 31.7 Å². The number of aromatic nitrogens is 2. The summed E-state index contributed by atoms with van der Waals surface area (Å²) in [4.78, 5) is 29.8. The predicted molar refractivity (Wildman–Crippen MR) is 104 cm³/mol. The van der Waals surface area contributed by atoms with Gasteiger partial charge < -0.3 is 14.5 Å². The molecule has 7 heteroatoms. The summed E-state index contributed by atoms with van der Waals surface area (Å²) in [6.07, 6.45) is 4.13. The molecule has 2 aromatic rings. The first-order chi connectivity index (χ1) is 13.7. The molecule has 0 spiro atoms. The van der Waals surface area contributed by atoms with Crippen molar-refractivity contribution in [1.29, 1.82) is 0 Å². The summed E-state index contributed by atoms with van der Waals surface area (Å²) >= 11 is 0. The third-order valence-corrected chi connectivity index (χ3v) is 5.46. The number of benzene rings is 1. The summed E-state index contributed by atoms with van der Waals surface area (Å²) in [5, 5.41) is 4.33. The lowest BCUT2D eigenvalue weighted by atomic mass is 10.1. The molecule has 2 saturated heterocycles. The standard InChI is InChI=1S/C21H26N4O3/c1-2-24-13-10-18(22-24)20(26)25-15-17(28-16-8-4-3-5-9-16)14-19(25)21(27)23-11-6-7-12-23/h3-5,8-10,13,17,19H,2,6-7,11-12,14-15H2,1H3/t17-,19-/m0/s1. The van der Waals surface area contributed by atoms with Crippen molar-refractivity contribution in [2.45, 2.75) is 44.9 Å². The van der Waals surface area contributed by atoms with Crippen molar-refractivity contribution < 1.29 is 14.3 Å². The van der Waals surface area contributed by atoms with Gasteiger partial charge in [0, 0.05) is 32.3 Å². The third kappa shape index (κ3) is 3.74. The highest BCUT2D eigenvalue weighted by Crippen LogP contribution is 2.27.